The Bertz CT molecular complexity index is 775. The molecule has 2 saturated heterocycles. The van der Waals surface area contributed by atoms with Gasteiger partial charge in [-0.25, -0.2) is 4.79 Å². The third kappa shape index (κ3) is 5.44. The van der Waals surface area contributed by atoms with Crippen LogP contribution in [0.5, 0.6) is 0 Å². The summed E-state index contributed by atoms with van der Waals surface area (Å²) >= 11 is 0. The SMILES string of the molecule is COC(=O)c1ccc(N[C@@H]2O[C@H](CO)[C@@H](O[C@@H]3O[C@H](CO)[C@H](O)[C@H](O)[C@H]3O)[C@H](O)[C@H]2O)cc1. The van der Waals surface area contributed by atoms with Gasteiger partial charge in [-0.1, -0.05) is 0 Å². The van der Waals surface area contributed by atoms with Gasteiger partial charge in [-0.05, 0) is 24.3 Å². The van der Waals surface area contributed by atoms with Crippen molar-refractivity contribution in [2.24, 2.45) is 0 Å². The number of carbonyl (C=O) groups is 1. The van der Waals surface area contributed by atoms with E-state index in [2.05, 4.69) is 10.1 Å². The Hall–Kier alpha value is -1.91. The maximum absolute atomic E-state index is 11.5. The molecule has 0 saturated carbocycles. The zero-order valence-corrected chi connectivity index (χ0v) is 17.7. The van der Waals surface area contributed by atoms with Gasteiger partial charge in [0.2, 0.25) is 0 Å². The van der Waals surface area contributed by atoms with E-state index in [4.69, 9.17) is 14.2 Å². The van der Waals surface area contributed by atoms with Gasteiger partial charge in [-0.2, -0.15) is 0 Å². The van der Waals surface area contributed by atoms with Crippen LogP contribution in [0.2, 0.25) is 0 Å². The molecular formula is C20H29NO12. The summed E-state index contributed by atoms with van der Waals surface area (Å²) in [7, 11) is 1.25. The zero-order chi connectivity index (χ0) is 24.3. The average molecular weight is 475 g/mol. The number of anilines is 1. The Kier molecular flexibility index (Phi) is 8.58. The summed E-state index contributed by atoms with van der Waals surface area (Å²) < 4.78 is 21.0. The van der Waals surface area contributed by atoms with Gasteiger partial charge in [0.05, 0.1) is 25.9 Å². The number of benzene rings is 1. The highest BCUT2D eigenvalue weighted by atomic mass is 16.7. The molecule has 0 spiro atoms. The van der Waals surface area contributed by atoms with Crippen LogP contribution in [0.3, 0.4) is 0 Å². The first-order valence-electron chi connectivity index (χ1n) is 10.2. The average Bonchev–Trinajstić information content (AvgIpc) is 2.83. The van der Waals surface area contributed by atoms with Gasteiger partial charge in [0.15, 0.2) is 12.5 Å². The van der Waals surface area contributed by atoms with Crippen molar-refractivity contribution in [3.05, 3.63) is 29.8 Å². The fraction of sp³-hybridized carbons (Fsp3) is 0.650. The largest absolute Gasteiger partial charge is 0.465 e. The Morgan fingerprint density at radius 1 is 0.879 bits per heavy atom. The summed E-state index contributed by atoms with van der Waals surface area (Å²) in [6.07, 6.45) is -14.9. The molecule has 13 nitrogen and oxygen atoms in total. The summed E-state index contributed by atoms with van der Waals surface area (Å²) in [4.78, 5) is 11.5. The van der Waals surface area contributed by atoms with E-state index in [9.17, 15) is 40.5 Å². The lowest BCUT2D eigenvalue weighted by Crippen LogP contribution is -2.65. The van der Waals surface area contributed by atoms with E-state index in [1.807, 2.05) is 0 Å². The van der Waals surface area contributed by atoms with Gasteiger partial charge in [-0.3, -0.25) is 0 Å². The highest BCUT2D eigenvalue weighted by Gasteiger charge is 2.50. The molecule has 3 rings (SSSR count). The molecule has 0 unspecified atom stereocenters. The van der Waals surface area contributed by atoms with Crippen LogP contribution in [0, 0.1) is 0 Å². The van der Waals surface area contributed by atoms with Crippen LogP contribution < -0.4 is 5.32 Å². The van der Waals surface area contributed by atoms with Crippen LogP contribution in [0.4, 0.5) is 5.69 Å². The lowest BCUT2D eigenvalue weighted by Gasteiger charge is -2.46. The molecule has 8 N–H and O–H groups in total. The van der Waals surface area contributed by atoms with Crippen LogP contribution in [0.25, 0.3) is 0 Å². The van der Waals surface area contributed by atoms with Gasteiger partial charge in [0.1, 0.15) is 48.8 Å². The summed E-state index contributed by atoms with van der Waals surface area (Å²) in [5, 5.41) is 73.0. The molecule has 2 fully saturated rings. The topological polar surface area (TPSA) is 208 Å². The maximum Gasteiger partial charge on any atom is 0.337 e. The van der Waals surface area contributed by atoms with Gasteiger partial charge >= 0.3 is 5.97 Å². The number of nitrogens with one attached hydrogen (secondary N) is 1. The highest BCUT2D eigenvalue weighted by molar-refractivity contribution is 5.89. The Labute approximate surface area is 188 Å². The molecular weight excluding hydrogens is 446 g/mol. The summed E-state index contributed by atoms with van der Waals surface area (Å²) in [6.45, 7) is -1.33. The van der Waals surface area contributed by atoms with Crippen LogP contribution in [0.15, 0.2) is 24.3 Å². The van der Waals surface area contributed by atoms with E-state index in [0.717, 1.165) is 0 Å². The quantitative estimate of drug-likeness (QED) is 0.180. The lowest BCUT2D eigenvalue weighted by atomic mass is 9.96. The second-order valence-corrected chi connectivity index (χ2v) is 7.77. The highest BCUT2D eigenvalue weighted by Crippen LogP contribution is 2.29. The number of ether oxygens (including phenoxy) is 4. The maximum atomic E-state index is 11.5. The number of hydrogen-bond donors (Lipinski definition) is 8. The molecule has 13 heteroatoms. The number of esters is 1. The molecule has 10 atom stereocenters. The van der Waals surface area contributed by atoms with E-state index in [-0.39, 0.29) is 0 Å². The van der Waals surface area contributed by atoms with Crippen LogP contribution in [-0.4, -0.2) is 123 Å². The minimum absolute atomic E-state index is 0.300. The third-order valence-electron chi connectivity index (χ3n) is 5.62. The Morgan fingerprint density at radius 2 is 1.52 bits per heavy atom. The second kappa shape index (κ2) is 11.0. The molecule has 2 heterocycles. The summed E-state index contributed by atoms with van der Waals surface area (Å²) in [5.74, 6) is -0.528. The van der Waals surface area contributed by atoms with E-state index < -0.39 is 80.5 Å². The molecule has 186 valence electrons. The molecule has 0 aliphatic carbocycles. The first-order valence-corrected chi connectivity index (χ1v) is 10.2. The molecule has 2 aliphatic heterocycles. The monoisotopic (exact) mass is 475 g/mol. The number of methoxy groups -OCH3 is 1. The first-order chi connectivity index (χ1) is 15.7. The number of hydrogen-bond acceptors (Lipinski definition) is 13. The van der Waals surface area contributed by atoms with Gasteiger partial charge in [0.25, 0.3) is 0 Å². The van der Waals surface area contributed by atoms with Crippen LogP contribution in [-0.2, 0) is 18.9 Å². The molecule has 1 aromatic rings. The molecule has 0 aromatic heterocycles. The normalized spacial score (nSPS) is 39.2. The van der Waals surface area contributed by atoms with Gasteiger partial charge in [-0.15, -0.1) is 0 Å². The molecule has 2 aliphatic rings. The molecule has 0 radical (unpaired) electrons. The van der Waals surface area contributed by atoms with Crippen molar-refractivity contribution in [3.8, 4) is 0 Å². The van der Waals surface area contributed by atoms with Crippen LogP contribution >= 0.6 is 0 Å². The minimum atomic E-state index is -1.74. The second-order valence-electron chi connectivity index (χ2n) is 7.77. The smallest absolute Gasteiger partial charge is 0.337 e. The first kappa shape index (κ1) is 25.7. The molecule has 33 heavy (non-hydrogen) atoms. The van der Waals surface area contributed by atoms with Gasteiger partial charge < -0.3 is 60.0 Å². The summed E-state index contributed by atoms with van der Waals surface area (Å²) in [5.41, 5.74) is 0.735. The summed E-state index contributed by atoms with van der Waals surface area (Å²) in [6, 6.07) is 6.02. The fourth-order valence-corrected chi connectivity index (χ4v) is 3.69. The van der Waals surface area contributed by atoms with Crippen molar-refractivity contribution < 1.29 is 59.5 Å². The van der Waals surface area contributed by atoms with Crippen LogP contribution in [0.1, 0.15) is 10.4 Å². The van der Waals surface area contributed by atoms with Crippen molar-refractivity contribution in [1.29, 1.82) is 0 Å². The van der Waals surface area contributed by atoms with E-state index in [1.165, 1.54) is 31.4 Å². The number of aliphatic hydroxyl groups excluding tert-OH is 7. The van der Waals surface area contributed by atoms with Crippen molar-refractivity contribution in [3.63, 3.8) is 0 Å². The van der Waals surface area contributed by atoms with Gasteiger partial charge in [0, 0.05) is 5.69 Å². The molecule has 0 amide bonds. The minimum Gasteiger partial charge on any atom is -0.465 e. The molecule has 1 aromatic carbocycles. The van der Waals surface area contributed by atoms with Crippen molar-refractivity contribution in [1.82, 2.24) is 0 Å². The van der Waals surface area contributed by atoms with Crippen molar-refractivity contribution >= 4 is 11.7 Å². The van der Waals surface area contributed by atoms with E-state index in [0.29, 0.717) is 11.3 Å². The fourth-order valence-electron chi connectivity index (χ4n) is 3.69. The number of rotatable bonds is 7. The predicted octanol–water partition coefficient (Wildman–Crippen LogP) is -3.49. The molecule has 0 bridgehead atoms. The van der Waals surface area contributed by atoms with E-state index in [1.54, 1.807) is 0 Å². The zero-order valence-electron chi connectivity index (χ0n) is 17.7. The number of aliphatic hydroxyl groups is 7. The van der Waals surface area contributed by atoms with Crippen molar-refractivity contribution in [2.75, 3.05) is 25.6 Å². The standard InChI is InChI=1S/C20H29NO12/c1-30-19(29)8-2-4-9(5-3-8)21-18-15(27)14(26)17(11(7-23)31-18)33-20-16(28)13(25)12(24)10(6-22)32-20/h2-5,10-18,20-28H,6-7H2,1H3/t10-,11-,12+,13+,14-,15-,16-,17-,18-,20+/m1/s1. The predicted molar refractivity (Wildman–Crippen MR) is 108 cm³/mol. The van der Waals surface area contributed by atoms with Crippen molar-refractivity contribution in [2.45, 2.75) is 61.3 Å². The third-order valence-corrected chi connectivity index (χ3v) is 5.62. The van der Waals surface area contributed by atoms with E-state index >= 15 is 0 Å². The Balaban J connectivity index is 1.69. The number of carbonyl (C=O) groups excluding carboxylic acids is 1. The lowest BCUT2D eigenvalue weighted by molar-refractivity contribution is -0.340. The Morgan fingerprint density at radius 3 is 2.09 bits per heavy atom.